The Morgan fingerprint density at radius 2 is 1.97 bits per heavy atom. The highest BCUT2D eigenvalue weighted by molar-refractivity contribution is 9.11. The second-order valence-corrected chi connectivity index (χ2v) is 11.7. The molecule has 0 aliphatic carbocycles. The van der Waals surface area contributed by atoms with E-state index in [0.717, 1.165) is 31.1 Å². The van der Waals surface area contributed by atoms with Crippen LogP contribution in [-0.2, 0) is 10.0 Å². The van der Waals surface area contributed by atoms with Crippen molar-refractivity contribution in [3.05, 3.63) is 62.8 Å². The summed E-state index contributed by atoms with van der Waals surface area (Å²) in [6, 6.07) is 15.3. The summed E-state index contributed by atoms with van der Waals surface area (Å²) in [5.74, 6) is 1.45. The number of fused-ring (bicyclic) bond motifs is 3. The number of rotatable bonds is 5. The molecule has 0 amide bonds. The van der Waals surface area contributed by atoms with Crippen LogP contribution in [0.5, 0.6) is 11.5 Å². The number of anilines is 1. The van der Waals surface area contributed by atoms with Gasteiger partial charge in [0.05, 0.1) is 26.6 Å². The quantitative estimate of drug-likeness (QED) is 0.486. The van der Waals surface area contributed by atoms with Crippen LogP contribution in [0.15, 0.2) is 52.3 Å². The maximum Gasteiger partial charge on any atom is 0.235 e. The fraction of sp³-hybridized carbons (Fsp3) is 0.238. The average Bonchev–Trinajstić information content (AvgIpc) is 3.12. The van der Waals surface area contributed by atoms with Crippen LogP contribution in [-0.4, -0.2) is 20.8 Å². The molecule has 152 valence electrons. The first-order valence-corrected chi connectivity index (χ1v) is 12.2. The van der Waals surface area contributed by atoms with Crippen LogP contribution in [0.4, 0.5) is 5.69 Å². The molecule has 2 heterocycles. The topological polar surface area (TPSA) is 64.6 Å². The van der Waals surface area contributed by atoms with Crippen LogP contribution in [0.3, 0.4) is 0 Å². The van der Waals surface area contributed by atoms with Gasteiger partial charge in [-0.05, 0) is 71.7 Å². The monoisotopic (exact) mass is 493 g/mol. The third kappa shape index (κ3) is 3.76. The van der Waals surface area contributed by atoms with E-state index in [2.05, 4.69) is 20.7 Å². The molecule has 1 aliphatic heterocycles. The third-order valence-electron chi connectivity index (χ3n) is 4.79. The first-order valence-electron chi connectivity index (χ1n) is 9.05. The van der Waals surface area contributed by atoms with Gasteiger partial charge in [-0.3, -0.25) is 4.72 Å². The number of hydrogen-bond acceptors (Lipinski definition) is 5. The average molecular weight is 494 g/mol. The number of thiophene rings is 1. The summed E-state index contributed by atoms with van der Waals surface area (Å²) in [4.78, 5) is 1.02. The lowest BCUT2D eigenvalue weighted by molar-refractivity contribution is 0.246. The fourth-order valence-corrected chi connectivity index (χ4v) is 5.43. The Kier molecular flexibility index (Phi) is 5.35. The molecule has 1 unspecified atom stereocenters. The minimum Gasteiger partial charge on any atom is -0.496 e. The van der Waals surface area contributed by atoms with Crippen molar-refractivity contribution in [2.24, 2.45) is 0 Å². The van der Waals surface area contributed by atoms with Crippen LogP contribution < -0.4 is 14.2 Å². The molecule has 0 spiro atoms. The van der Waals surface area contributed by atoms with E-state index in [-0.39, 0.29) is 6.10 Å². The van der Waals surface area contributed by atoms with Crippen molar-refractivity contribution in [1.82, 2.24) is 0 Å². The van der Waals surface area contributed by atoms with Crippen LogP contribution in [0.2, 0.25) is 0 Å². The molecule has 2 aromatic carbocycles. The van der Waals surface area contributed by atoms with Gasteiger partial charge in [0.25, 0.3) is 0 Å². The molecule has 8 heteroatoms. The number of halogens is 1. The lowest BCUT2D eigenvalue weighted by Crippen LogP contribution is -2.23. The molecule has 3 aromatic rings. The maximum atomic E-state index is 12.4. The zero-order valence-electron chi connectivity index (χ0n) is 16.1. The summed E-state index contributed by atoms with van der Waals surface area (Å²) in [6.07, 6.45) is -0.343. The molecule has 1 N–H and O–H groups in total. The highest BCUT2D eigenvalue weighted by Gasteiger charge is 2.31. The molecule has 5 nitrogen and oxygen atoms in total. The molecule has 0 saturated heterocycles. The molecule has 1 aliphatic rings. The van der Waals surface area contributed by atoms with E-state index in [0.29, 0.717) is 11.4 Å². The molecular formula is C21H20BrNO4S2. The highest BCUT2D eigenvalue weighted by atomic mass is 79.9. The Morgan fingerprint density at radius 3 is 2.62 bits per heavy atom. The summed E-state index contributed by atoms with van der Waals surface area (Å²) < 4.78 is 40.3. The lowest BCUT2D eigenvalue weighted by Gasteiger charge is -2.30. The predicted molar refractivity (Wildman–Crippen MR) is 121 cm³/mol. The van der Waals surface area contributed by atoms with E-state index in [1.54, 1.807) is 38.4 Å². The van der Waals surface area contributed by atoms with Crippen molar-refractivity contribution < 1.29 is 17.9 Å². The second-order valence-electron chi connectivity index (χ2n) is 6.97. The number of nitrogens with one attached hydrogen (secondary N) is 1. The Labute approximate surface area is 182 Å². The summed E-state index contributed by atoms with van der Waals surface area (Å²) in [7, 11) is -1.82. The van der Waals surface area contributed by atoms with E-state index in [9.17, 15) is 8.42 Å². The lowest BCUT2D eigenvalue weighted by atomic mass is 9.91. The van der Waals surface area contributed by atoms with Gasteiger partial charge in [0.1, 0.15) is 11.5 Å². The number of benzene rings is 2. The van der Waals surface area contributed by atoms with Crippen molar-refractivity contribution in [3.63, 3.8) is 0 Å². The zero-order chi connectivity index (χ0) is 20.8. The van der Waals surface area contributed by atoms with Gasteiger partial charge in [0, 0.05) is 11.3 Å². The highest BCUT2D eigenvalue weighted by Crippen LogP contribution is 2.50. The van der Waals surface area contributed by atoms with Crippen LogP contribution in [0.1, 0.15) is 30.4 Å². The predicted octanol–water partition coefficient (Wildman–Crippen LogP) is 5.82. The molecule has 4 rings (SSSR count). The number of ether oxygens (including phenoxy) is 2. The summed E-state index contributed by atoms with van der Waals surface area (Å²) in [5, 5.41) is -0.528. The summed E-state index contributed by atoms with van der Waals surface area (Å²) in [6.45, 7) is 3.30. The molecule has 1 atom stereocenters. The number of sulfonamides is 1. The Hall–Kier alpha value is -2.03. The van der Waals surface area contributed by atoms with Crippen LogP contribution in [0.25, 0.3) is 11.1 Å². The standard InChI is InChI=1S/C21H20BrNO4S2/c1-12(2)29(24,25)23-13-7-8-14-15(11-13)21(18-9-10-19(22)28-18)27-17-6-4-5-16(26-3)20(14)17/h4-12,21,23H,1-3H3. The zero-order valence-corrected chi connectivity index (χ0v) is 19.3. The minimum atomic E-state index is -3.45. The molecule has 0 saturated carbocycles. The van der Waals surface area contributed by atoms with E-state index in [1.165, 1.54) is 0 Å². The van der Waals surface area contributed by atoms with Gasteiger partial charge >= 0.3 is 0 Å². The Morgan fingerprint density at radius 1 is 1.17 bits per heavy atom. The van der Waals surface area contributed by atoms with Gasteiger partial charge in [-0.25, -0.2) is 8.42 Å². The SMILES string of the molecule is COc1cccc2c1-c1ccc(NS(=O)(=O)C(C)C)cc1C(c1ccc(Br)s1)O2. The van der Waals surface area contributed by atoms with Gasteiger partial charge in [-0.1, -0.05) is 12.1 Å². The normalized spacial score (nSPS) is 15.4. The molecule has 1 aromatic heterocycles. The minimum absolute atomic E-state index is 0.343. The summed E-state index contributed by atoms with van der Waals surface area (Å²) in [5.41, 5.74) is 3.24. The second kappa shape index (κ2) is 7.66. The van der Waals surface area contributed by atoms with E-state index in [4.69, 9.17) is 9.47 Å². The van der Waals surface area contributed by atoms with Crippen LogP contribution in [0, 0.1) is 0 Å². The molecular weight excluding hydrogens is 474 g/mol. The van der Waals surface area contributed by atoms with E-state index >= 15 is 0 Å². The molecule has 0 fully saturated rings. The van der Waals surface area contributed by atoms with E-state index < -0.39 is 15.3 Å². The molecule has 29 heavy (non-hydrogen) atoms. The number of methoxy groups -OCH3 is 1. The third-order valence-corrected chi connectivity index (χ3v) is 8.22. The van der Waals surface area contributed by atoms with Crippen LogP contribution >= 0.6 is 27.3 Å². The largest absolute Gasteiger partial charge is 0.496 e. The first kappa shape index (κ1) is 20.3. The van der Waals surface area contributed by atoms with Gasteiger partial charge in [-0.2, -0.15) is 0 Å². The Balaban J connectivity index is 1.88. The van der Waals surface area contributed by atoms with Gasteiger partial charge in [0.2, 0.25) is 10.0 Å². The first-order chi connectivity index (χ1) is 13.8. The van der Waals surface area contributed by atoms with Gasteiger partial charge < -0.3 is 9.47 Å². The van der Waals surface area contributed by atoms with E-state index in [1.807, 2.05) is 42.5 Å². The van der Waals surface area contributed by atoms with Crippen molar-refractivity contribution in [2.45, 2.75) is 25.2 Å². The smallest absolute Gasteiger partial charge is 0.235 e. The van der Waals surface area contributed by atoms with Crippen molar-refractivity contribution in [2.75, 3.05) is 11.8 Å². The van der Waals surface area contributed by atoms with Crippen molar-refractivity contribution in [3.8, 4) is 22.6 Å². The van der Waals surface area contributed by atoms with Gasteiger partial charge in [-0.15, -0.1) is 11.3 Å². The Bertz CT molecular complexity index is 1170. The van der Waals surface area contributed by atoms with Crippen molar-refractivity contribution in [1.29, 1.82) is 0 Å². The van der Waals surface area contributed by atoms with Crippen molar-refractivity contribution >= 4 is 43.0 Å². The molecule has 0 radical (unpaired) electrons. The number of hydrogen-bond donors (Lipinski definition) is 1. The maximum absolute atomic E-state index is 12.4. The fourth-order valence-electron chi connectivity index (χ4n) is 3.27. The summed E-state index contributed by atoms with van der Waals surface area (Å²) >= 11 is 5.10. The van der Waals surface area contributed by atoms with Gasteiger partial charge in [0.15, 0.2) is 6.10 Å². The molecule has 0 bridgehead atoms.